The molecule has 60 heavy (non-hydrogen) atoms. The minimum Gasteiger partial charge on any atom is -0.315 e. The highest BCUT2D eigenvalue weighted by Gasteiger charge is 2.55. The van der Waals surface area contributed by atoms with Crippen LogP contribution in [-0.2, 0) is 10.8 Å². The summed E-state index contributed by atoms with van der Waals surface area (Å²) in [4.78, 5) is 5.47. The van der Waals surface area contributed by atoms with E-state index < -0.39 is 0 Å². The zero-order valence-corrected chi connectivity index (χ0v) is 38.9. The van der Waals surface area contributed by atoms with Gasteiger partial charge in [0.05, 0.1) is 10.7 Å². The Kier molecular flexibility index (Phi) is 8.90. The molecule has 3 atom stereocenters. The molecule has 3 aliphatic carbocycles. The van der Waals surface area contributed by atoms with Gasteiger partial charge in [-0.1, -0.05) is 148 Å². The van der Waals surface area contributed by atoms with Crippen LogP contribution in [-0.4, -0.2) is 6.71 Å². The number of aryl methyl sites for hydroxylation is 2. The Morgan fingerprint density at radius 1 is 0.667 bits per heavy atom. The smallest absolute Gasteiger partial charge is 0.253 e. The molecule has 5 aliphatic rings. The first-order valence-electron chi connectivity index (χ1n) is 22.6. The molecule has 10 rings (SSSR count). The number of fused-ring (bicyclic) bond motifs is 7. The maximum atomic E-state index is 2.76. The van der Waals surface area contributed by atoms with Crippen molar-refractivity contribution in [1.29, 1.82) is 0 Å². The van der Waals surface area contributed by atoms with Crippen molar-refractivity contribution in [3.63, 3.8) is 0 Å². The third-order valence-corrected chi connectivity index (χ3v) is 16.2. The average molecular weight is 807 g/mol. The van der Waals surface area contributed by atoms with Crippen LogP contribution in [0.1, 0.15) is 122 Å². The molecule has 1 aromatic heterocycles. The molecule has 0 spiro atoms. The standard InChI is InChI=1S/C56H63BN2S/c1-34-18-27-47-41(30-34)49-52(60-47)59(44-26-21-38(54(6,7)8)33-40(44)36-16-14-13-15-17-36)46-32-35(2)31-45-50(46)57(49)43-25-24-42-48(56(11,12)29-28-55(42,9)10)51(43)58(45)39-22-19-37(20-23-39)53(3,4)5/h13-16,18-27,30-33,36,42,48H,17,28-29H2,1-12H3. The minimum absolute atomic E-state index is 0.0375. The number of thiophene rings is 1. The van der Waals surface area contributed by atoms with E-state index in [1.807, 2.05) is 11.3 Å². The number of benzene rings is 4. The maximum Gasteiger partial charge on any atom is 0.253 e. The summed E-state index contributed by atoms with van der Waals surface area (Å²) in [5.74, 6) is 1.12. The van der Waals surface area contributed by atoms with E-state index in [0.29, 0.717) is 17.8 Å². The Morgan fingerprint density at radius 2 is 1.35 bits per heavy atom. The Balaban J connectivity index is 1.32. The van der Waals surface area contributed by atoms with E-state index in [4.69, 9.17) is 0 Å². The van der Waals surface area contributed by atoms with Crippen LogP contribution in [0.5, 0.6) is 0 Å². The third kappa shape index (κ3) is 6.09. The molecule has 4 heteroatoms. The molecule has 0 saturated heterocycles. The number of hydrogen-bond donors (Lipinski definition) is 0. The molecule has 4 aromatic carbocycles. The molecule has 2 nitrogen and oxygen atoms in total. The Morgan fingerprint density at radius 3 is 2.03 bits per heavy atom. The molecule has 0 amide bonds. The lowest BCUT2D eigenvalue weighted by Gasteiger charge is -2.57. The highest BCUT2D eigenvalue weighted by atomic mass is 32.1. The van der Waals surface area contributed by atoms with Gasteiger partial charge in [0, 0.05) is 39.3 Å². The van der Waals surface area contributed by atoms with E-state index in [1.165, 1.54) is 101 Å². The second kappa shape index (κ2) is 13.5. The average Bonchev–Trinajstić information content (AvgIpc) is 3.56. The van der Waals surface area contributed by atoms with Crippen LogP contribution in [0.2, 0.25) is 0 Å². The number of allylic oxidation sites excluding steroid dienone is 8. The molecular formula is C56H63BN2S. The van der Waals surface area contributed by atoms with Gasteiger partial charge in [0.1, 0.15) is 0 Å². The maximum absolute atomic E-state index is 2.76. The second-order valence-corrected chi connectivity index (χ2v) is 23.3. The molecule has 1 fully saturated rings. The van der Waals surface area contributed by atoms with Crippen molar-refractivity contribution in [1.82, 2.24) is 0 Å². The molecule has 3 heterocycles. The molecule has 0 N–H and O–H groups in total. The molecule has 306 valence electrons. The topological polar surface area (TPSA) is 6.48 Å². The van der Waals surface area contributed by atoms with E-state index in [2.05, 4.69) is 202 Å². The van der Waals surface area contributed by atoms with Crippen LogP contribution < -0.4 is 20.7 Å². The van der Waals surface area contributed by atoms with Gasteiger partial charge < -0.3 is 9.80 Å². The van der Waals surface area contributed by atoms with Crippen molar-refractivity contribution in [2.75, 3.05) is 9.80 Å². The summed E-state index contributed by atoms with van der Waals surface area (Å²) >= 11 is 1.99. The monoisotopic (exact) mass is 806 g/mol. The van der Waals surface area contributed by atoms with Crippen molar-refractivity contribution in [2.45, 2.75) is 119 Å². The summed E-state index contributed by atoms with van der Waals surface area (Å²) < 4.78 is 1.37. The van der Waals surface area contributed by atoms with E-state index in [0.717, 1.165) is 6.42 Å². The van der Waals surface area contributed by atoms with Gasteiger partial charge in [-0.2, -0.15) is 0 Å². The van der Waals surface area contributed by atoms with Crippen molar-refractivity contribution < 1.29 is 0 Å². The fourth-order valence-electron chi connectivity index (χ4n) is 11.5. The predicted octanol–water partition coefficient (Wildman–Crippen LogP) is 14.7. The number of hydrogen-bond acceptors (Lipinski definition) is 3. The normalized spacial score (nSPS) is 22.5. The quantitative estimate of drug-likeness (QED) is 0.168. The Bertz CT molecular complexity index is 2700. The van der Waals surface area contributed by atoms with Crippen LogP contribution in [0.15, 0.2) is 120 Å². The van der Waals surface area contributed by atoms with Crippen molar-refractivity contribution in [2.24, 2.45) is 22.7 Å². The van der Waals surface area contributed by atoms with E-state index >= 15 is 0 Å². The molecule has 2 aliphatic heterocycles. The highest BCUT2D eigenvalue weighted by molar-refractivity contribution is 7.26. The summed E-state index contributed by atoms with van der Waals surface area (Å²) in [5, 5.41) is 2.78. The molecule has 3 unspecified atom stereocenters. The Labute approximate surface area is 364 Å². The van der Waals surface area contributed by atoms with E-state index in [9.17, 15) is 0 Å². The van der Waals surface area contributed by atoms with Crippen LogP contribution in [0.4, 0.5) is 27.8 Å². The lowest BCUT2D eigenvalue weighted by molar-refractivity contribution is 0.0254. The van der Waals surface area contributed by atoms with Crippen LogP contribution >= 0.6 is 11.3 Å². The predicted molar refractivity (Wildman–Crippen MR) is 263 cm³/mol. The summed E-state index contributed by atoms with van der Waals surface area (Å²) in [6.07, 6.45) is 18.0. The summed E-state index contributed by atoms with van der Waals surface area (Å²) in [5.41, 5.74) is 18.4. The summed E-state index contributed by atoms with van der Waals surface area (Å²) in [6, 6.07) is 29.3. The van der Waals surface area contributed by atoms with Gasteiger partial charge >= 0.3 is 0 Å². The number of nitrogens with zero attached hydrogens (tertiary/aromatic N) is 2. The van der Waals surface area contributed by atoms with E-state index in [-0.39, 0.29) is 28.4 Å². The lowest BCUT2D eigenvalue weighted by atomic mass is 9.31. The molecule has 1 saturated carbocycles. The summed E-state index contributed by atoms with van der Waals surface area (Å²) in [7, 11) is 0. The van der Waals surface area contributed by atoms with Gasteiger partial charge in [-0.05, 0) is 141 Å². The fourth-order valence-corrected chi connectivity index (χ4v) is 12.8. The lowest BCUT2D eigenvalue weighted by Crippen LogP contribution is -2.59. The number of rotatable bonds is 3. The molecule has 0 radical (unpaired) electrons. The molecule has 0 bridgehead atoms. The molecule has 5 aromatic rings. The fraction of sp³-hybridized carbons (Fsp3) is 0.393. The van der Waals surface area contributed by atoms with Gasteiger partial charge in [0.25, 0.3) is 6.71 Å². The second-order valence-electron chi connectivity index (χ2n) is 22.3. The highest BCUT2D eigenvalue weighted by Crippen LogP contribution is 2.61. The van der Waals surface area contributed by atoms with Gasteiger partial charge in [-0.15, -0.1) is 11.3 Å². The van der Waals surface area contributed by atoms with Gasteiger partial charge in [-0.3, -0.25) is 0 Å². The first kappa shape index (κ1) is 39.6. The first-order chi connectivity index (χ1) is 28.3. The Hall–Kier alpha value is -4.54. The number of anilines is 5. The molecular weight excluding hydrogens is 744 g/mol. The van der Waals surface area contributed by atoms with Crippen molar-refractivity contribution in [3.8, 4) is 0 Å². The van der Waals surface area contributed by atoms with Gasteiger partial charge in [-0.25, -0.2) is 0 Å². The van der Waals surface area contributed by atoms with Crippen LogP contribution in [0, 0.1) is 36.5 Å². The van der Waals surface area contributed by atoms with Crippen molar-refractivity contribution >= 4 is 66.8 Å². The van der Waals surface area contributed by atoms with Crippen LogP contribution in [0.25, 0.3) is 10.1 Å². The van der Waals surface area contributed by atoms with E-state index in [1.54, 1.807) is 0 Å². The van der Waals surface area contributed by atoms with Gasteiger partial charge in [0.15, 0.2) is 0 Å². The van der Waals surface area contributed by atoms with Gasteiger partial charge in [0.2, 0.25) is 0 Å². The zero-order chi connectivity index (χ0) is 42.3. The minimum atomic E-state index is 0.0375. The largest absolute Gasteiger partial charge is 0.315 e. The van der Waals surface area contributed by atoms with Crippen LogP contribution in [0.3, 0.4) is 0 Å². The van der Waals surface area contributed by atoms with Crippen molar-refractivity contribution in [3.05, 3.63) is 148 Å². The third-order valence-electron chi connectivity index (χ3n) is 15.1. The summed E-state index contributed by atoms with van der Waals surface area (Å²) in [6.45, 7) is 28.9. The zero-order valence-electron chi connectivity index (χ0n) is 38.1. The first-order valence-corrected chi connectivity index (χ1v) is 23.4. The SMILES string of the molecule is Cc1cc2c3c(c1)N(c1ccc(C(C)(C)C)cc1C1C=CC=CC1)c1sc4ccc(C)cc4c1B3C1=C(C3C(C=C1)C(C)(C)CCC3(C)C)N2c1ccc(C(C)(C)C)cc1.